The van der Waals surface area contributed by atoms with Gasteiger partial charge in [-0.2, -0.15) is 0 Å². The molecule has 0 radical (unpaired) electrons. The maximum absolute atomic E-state index is 13.3. The molecule has 0 fully saturated rings. The number of hydrogen-bond donors (Lipinski definition) is 1. The molecule has 3 aromatic rings. The fourth-order valence-electron chi connectivity index (χ4n) is 2.59. The maximum atomic E-state index is 13.3. The van der Waals surface area contributed by atoms with Crippen molar-refractivity contribution in [3.63, 3.8) is 0 Å². The van der Waals surface area contributed by atoms with Crippen LogP contribution in [0.1, 0.15) is 27.0 Å². The fraction of sp³-hybridized carbons (Fsp3) is 0.250. The molecule has 1 amide bonds. The summed E-state index contributed by atoms with van der Waals surface area (Å²) < 4.78 is 63.1. The normalized spacial score (nSPS) is 12.6. The van der Waals surface area contributed by atoms with E-state index in [1.165, 1.54) is 17.5 Å². The molecule has 0 bridgehead atoms. The van der Waals surface area contributed by atoms with E-state index in [0.29, 0.717) is 17.1 Å². The molecule has 0 saturated carbocycles. The highest BCUT2D eigenvalue weighted by atomic mass is 32.2. The summed E-state index contributed by atoms with van der Waals surface area (Å²) >= 11 is 2.61. The molecule has 0 aliphatic carbocycles. The lowest BCUT2D eigenvalue weighted by atomic mass is 10.2. The Morgan fingerprint density at radius 2 is 1.94 bits per heavy atom. The highest BCUT2D eigenvalue weighted by Gasteiger charge is 2.23. The number of carbonyl (C=O) groups excluding carboxylic acids is 1. The van der Waals surface area contributed by atoms with E-state index in [4.69, 9.17) is 0 Å². The Kier molecular flexibility index (Phi) is 8.26. The standard InChI is InChI=1S/C20H18F3N3O3S3/c21-17(18(22)23)13-5-6-16(25-11-13)32(28,29)10-9-31-20-15(4-1-7-24-20)19(27)26-12-14-3-2-8-30-14/h1-8,11,17-18H,9-10,12H2,(H,26,27). The summed E-state index contributed by atoms with van der Waals surface area (Å²) in [5, 5.41) is 4.76. The average Bonchev–Trinajstić information content (AvgIpc) is 3.31. The first-order chi connectivity index (χ1) is 15.3. The Hall–Kier alpha value is -2.44. The Morgan fingerprint density at radius 3 is 2.59 bits per heavy atom. The number of aromatic nitrogens is 2. The van der Waals surface area contributed by atoms with E-state index in [-0.39, 0.29) is 28.0 Å². The van der Waals surface area contributed by atoms with E-state index < -0.39 is 22.4 Å². The van der Waals surface area contributed by atoms with Gasteiger partial charge in [0, 0.05) is 28.6 Å². The highest BCUT2D eigenvalue weighted by Crippen LogP contribution is 2.25. The van der Waals surface area contributed by atoms with Gasteiger partial charge in [0.05, 0.1) is 17.9 Å². The first kappa shape index (κ1) is 24.2. The van der Waals surface area contributed by atoms with Crippen LogP contribution in [0.2, 0.25) is 0 Å². The van der Waals surface area contributed by atoms with E-state index in [0.717, 1.165) is 35.0 Å². The summed E-state index contributed by atoms with van der Waals surface area (Å²) in [5.41, 5.74) is -0.0602. The molecule has 0 aliphatic heterocycles. The monoisotopic (exact) mass is 501 g/mol. The number of pyridine rings is 2. The van der Waals surface area contributed by atoms with Crippen LogP contribution in [0, 0.1) is 0 Å². The van der Waals surface area contributed by atoms with Gasteiger partial charge < -0.3 is 5.32 Å². The summed E-state index contributed by atoms with van der Waals surface area (Å²) in [7, 11) is -3.83. The molecule has 0 saturated heterocycles. The number of carbonyl (C=O) groups is 1. The van der Waals surface area contributed by atoms with Gasteiger partial charge in [-0.15, -0.1) is 23.1 Å². The zero-order chi connectivity index (χ0) is 23.1. The van der Waals surface area contributed by atoms with Crippen molar-refractivity contribution in [3.05, 3.63) is 70.2 Å². The van der Waals surface area contributed by atoms with E-state index in [2.05, 4.69) is 15.3 Å². The van der Waals surface area contributed by atoms with Crippen molar-refractivity contribution in [2.45, 2.75) is 29.2 Å². The van der Waals surface area contributed by atoms with Gasteiger partial charge in [0.25, 0.3) is 12.3 Å². The Morgan fingerprint density at radius 1 is 1.12 bits per heavy atom. The lowest BCUT2D eigenvalue weighted by Crippen LogP contribution is -2.23. The topological polar surface area (TPSA) is 89.0 Å². The fourth-order valence-corrected chi connectivity index (χ4v) is 5.79. The third-order valence-corrected chi connectivity index (χ3v) is 7.99. The first-order valence-electron chi connectivity index (χ1n) is 9.27. The molecule has 0 spiro atoms. The summed E-state index contributed by atoms with van der Waals surface area (Å²) in [4.78, 5) is 21.3. The van der Waals surface area contributed by atoms with Gasteiger partial charge in [0.2, 0.25) is 0 Å². The van der Waals surface area contributed by atoms with E-state index in [9.17, 15) is 26.4 Å². The second kappa shape index (κ2) is 10.9. The van der Waals surface area contributed by atoms with Gasteiger partial charge >= 0.3 is 0 Å². The lowest BCUT2D eigenvalue weighted by Gasteiger charge is -2.10. The van der Waals surface area contributed by atoms with Crippen molar-refractivity contribution in [1.82, 2.24) is 15.3 Å². The summed E-state index contributed by atoms with van der Waals surface area (Å²) in [6.45, 7) is 0.372. The summed E-state index contributed by atoms with van der Waals surface area (Å²) in [5.74, 6) is -0.574. The highest BCUT2D eigenvalue weighted by molar-refractivity contribution is 8.00. The zero-order valence-corrected chi connectivity index (χ0v) is 18.9. The third kappa shape index (κ3) is 6.30. The lowest BCUT2D eigenvalue weighted by molar-refractivity contribution is 0.0493. The molecular weight excluding hydrogens is 483 g/mol. The largest absolute Gasteiger partial charge is 0.347 e. The number of nitrogens with one attached hydrogen (secondary N) is 1. The maximum Gasteiger partial charge on any atom is 0.273 e. The molecule has 3 aromatic heterocycles. The smallest absolute Gasteiger partial charge is 0.273 e. The van der Waals surface area contributed by atoms with Crippen molar-refractivity contribution < 1.29 is 26.4 Å². The third-order valence-electron chi connectivity index (χ3n) is 4.23. The molecule has 12 heteroatoms. The second-order valence-corrected chi connectivity index (χ2v) is 10.6. The van der Waals surface area contributed by atoms with Crippen LogP contribution in [-0.4, -0.2) is 42.2 Å². The number of nitrogens with zero attached hydrogens (tertiary/aromatic N) is 2. The second-order valence-electron chi connectivity index (χ2n) is 6.45. The first-order valence-corrected chi connectivity index (χ1v) is 12.8. The van der Waals surface area contributed by atoms with Crippen LogP contribution in [0.4, 0.5) is 13.2 Å². The minimum absolute atomic E-state index is 0.0801. The van der Waals surface area contributed by atoms with Crippen LogP contribution in [0.25, 0.3) is 0 Å². The minimum atomic E-state index is -3.83. The number of sulfone groups is 1. The number of alkyl halides is 3. The van der Waals surface area contributed by atoms with E-state index >= 15 is 0 Å². The number of halogens is 3. The SMILES string of the molecule is O=C(NCc1cccs1)c1cccnc1SCCS(=O)(=O)c1ccc(C(F)C(F)F)cn1. The number of hydrogen-bond acceptors (Lipinski definition) is 7. The van der Waals surface area contributed by atoms with E-state index in [1.807, 2.05) is 17.5 Å². The van der Waals surface area contributed by atoms with Gasteiger partial charge in [0.1, 0.15) is 5.03 Å². The Labute approximate surface area is 191 Å². The number of amides is 1. The van der Waals surface area contributed by atoms with Crippen LogP contribution >= 0.6 is 23.1 Å². The molecule has 1 unspecified atom stereocenters. The molecule has 3 heterocycles. The number of rotatable bonds is 10. The van der Waals surface area contributed by atoms with Crippen LogP contribution in [0.5, 0.6) is 0 Å². The van der Waals surface area contributed by atoms with Gasteiger partial charge in [-0.1, -0.05) is 12.1 Å². The van der Waals surface area contributed by atoms with Gasteiger partial charge in [-0.05, 0) is 29.6 Å². The van der Waals surface area contributed by atoms with E-state index in [1.54, 1.807) is 12.1 Å². The number of thioether (sulfide) groups is 1. The van der Waals surface area contributed by atoms with Crippen molar-refractivity contribution in [3.8, 4) is 0 Å². The van der Waals surface area contributed by atoms with Crippen molar-refractivity contribution in [2.24, 2.45) is 0 Å². The number of thiophene rings is 1. The van der Waals surface area contributed by atoms with Gasteiger partial charge in [-0.25, -0.2) is 31.6 Å². The van der Waals surface area contributed by atoms with Crippen molar-refractivity contribution in [1.29, 1.82) is 0 Å². The molecule has 1 N–H and O–H groups in total. The quantitative estimate of drug-likeness (QED) is 0.417. The molecule has 3 rings (SSSR count). The molecule has 6 nitrogen and oxygen atoms in total. The predicted octanol–water partition coefficient (Wildman–Crippen LogP) is 4.31. The summed E-state index contributed by atoms with van der Waals surface area (Å²) in [6.07, 6.45) is -3.44. The molecular formula is C20H18F3N3O3S3. The molecule has 170 valence electrons. The average molecular weight is 502 g/mol. The molecule has 32 heavy (non-hydrogen) atoms. The van der Waals surface area contributed by atoms with Crippen LogP contribution < -0.4 is 5.32 Å². The summed E-state index contributed by atoms with van der Waals surface area (Å²) in [6, 6.07) is 8.99. The predicted molar refractivity (Wildman–Crippen MR) is 117 cm³/mol. The Bertz CT molecular complexity index is 1140. The van der Waals surface area contributed by atoms with Crippen molar-refractivity contribution in [2.75, 3.05) is 11.5 Å². The van der Waals surface area contributed by atoms with Crippen LogP contribution in [0.3, 0.4) is 0 Å². The van der Waals surface area contributed by atoms with Crippen LogP contribution in [0.15, 0.2) is 64.2 Å². The van der Waals surface area contributed by atoms with Crippen LogP contribution in [-0.2, 0) is 16.4 Å². The Balaban J connectivity index is 1.60. The molecule has 0 aromatic carbocycles. The molecule has 1 atom stereocenters. The van der Waals surface area contributed by atoms with Gasteiger partial charge in [0.15, 0.2) is 21.0 Å². The van der Waals surface area contributed by atoms with Crippen molar-refractivity contribution >= 4 is 38.8 Å². The molecule has 0 aliphatic rings. The zero-order valence-electron chi connectivity index (χ0n) is 16.4. The minimum Gasteiger partial charge on any atom is -0.347 e. The van der Waals surface area contributed by atoms with Gasteiger partial charge in [-0.3, -0.25) is 4.79 Å².